The van der Waals surface area contributed by atoms with Crippen molar-refractivity contribution < 1.29 is 4.74 Å². The molecule has 2 aromatic rings. The van der Waals surface area contributed by atoms with Gasteiger partial charge in [0.15, 0.2) is 0 Å². The van der Waals surface area contributed by atoms with Crippen molar-refractivity contribution in [3.63, 3.8) is 0 Å². The van der Waals surface area contributed by atoms with Crippen molar-refractivity contribution in [2.75, 3.05) is 24.3 Å². The van der Waals surface area contributed by atoms with Crippen LogP contribution < -0.4 is 15.4 Å². The second-order valence-corrected chi connectivity index (χ2v) is 4.83. The molecule has 2 aromatic carbocycles. The standard InChI is InChI=1S/C17H22N2O/c1-3-11-19(16-9-6-8-15(18)12-16)13-14-7-4-5-10-17(14)20-2/h4-10,12H,3,11,13,18H2,1-2H3. The van der Waals surface area contributed by atoms with Crippen LogP contribution in [-0.4, -0.2) is 13.7 Å². The molecule has 0 spiro atoms. The van der Waals surface area contributed by atoms with Gasteiger partial charge in [0.1, 0.15) is 5.75 Å². The van der Waals surface area contributed by atoms with Crippen LogP contribution in [0.5, 0.6) is 5.75 Å². The minimum absolute atomic E-state index is 0.795. The molecule has 0 radical (unpaired) electrons. The highest BCUT2D eigenvalue weighted by atomic mass is 16.5. The molecule has 0 saturated carbocycles. The highest BCUT2D eigenvalue weighted by Gasteiger charge is 2.10. The van der Waals surface area contributed by atoms with Crippen LogP contribution in [0.15, 0.2) is 48.5 Å². The van der Waals surface area contributed by atoms with Crippen LogP contribution in [0, 0.1) is 0 Å². The number of nitrogens with two attached hydrogens (primary N) is 1. The lowest BCUT2D eigenvalue weighted by molar-refractivity contribution is 0.409. The average Bonchev–Trinajstić information content (AvgIpc) is 2.47. The number of para-hydroxylation sites is 1. The van der Waals surface area contributed by atoms with E-state index in [1.165, 1.54) is 5.56 Å². The fourth-order valence-electron chi connectivity index (χ4n) is 2.33. The van der Waals surface area contributed by atoms with E-state index in [4.69, 9.17) is 10.5 Å². The molecule has 0 fully saturated rings. The molecule has 106 valence electrons. The predicted octanol–water partition coefficient (Wildman–Crippen LogP) is 3.69. The minimum Gasteiger partial charge on any atom is -0.496 e. The number of rotatable bonds is 6. The third-order valence-electron chi connectivity index (χ3n) is 3.28. The molecule has 0 bridgehead atoms. The molecule has 20 heavy (non-hydrogen) atoms. The van der Waals surface area contributed by atoms with Gasteiger partial charge >= 0.3 is 0 Å². The Labute approximate surface area is 121 Å². The summed E-state index contributed by atoms with van der Waals surface area (Å²) in [5, 5.41) is 0. The van der Waals surface area contributed by atoms with Crippen LogP contribution >= 0.6 is 0 Å². The van der Waals surface area contributed by atoms with Crippen molar-refractivity contribution in [2.24, 2.45) is 0 Å². The van der Waals surface area contributed by atoms with E-state index >= 15 is 0 Å². The summed E-state index contributed by atoms with van der Waals surface area (Å²) in [7, 11) is 1.71. The van der Waals surface area contributed by atoms with Crippen LogP contribution in [0.4, 0.5) is 11.4 Å². The van der Waals surface area contributed by atoms with E-state index in [1.54, 1.807) is 7.11 Å². The SMILES string of the molecule is CCCN(Cc1ccccc1OC)c1cccc(N)c1. The Bertz CT molecular complexity index is 554. The summed E-state index contributed by atoms with van der Waals surface area (Å²) >= 11 is 0. The molecule has 3 nitrogen and oxygen atoms in total. The van der Waals surface area contributed by atoms with E-state index in [-0.39, 0.29) is 0 Å². The average molecular weight is 270 g/mol. The lowest BCUT2D eigenvalue weighted by Gasteiger charge is -2.25. The number of nitrogens with zero attached hydrogens (tertiary/aromatic N) is 1. The predicted molar refractivity (Wildman–Crippen MR) is 85.2 cm³/mol. The van der Waals surface area contributed by atoms with Crippen molar-refractivity contribution in [3.05, 3.63) is 54.1 Å². The van der Waals surface area contributed by atoms with Gasteiger partial charge in [-0.15, -0.1) is 0 Å². The van der Waals surface area contributed by atoms with Gasteiger partial charge in [0, 0.05) is 30.0 Å². The molecular formula is C17H22N2O. The molecule has 0 atom stereocenters. The largest absolute Gasteiger partial charge is 0.496 e. The molecule has 0 saturated heterocycles. The summed E-state index contributed by atoms with van der Waals surface area (Å²) in [5.41, 5.74) is 9.02. The monoisotopic (exact) mass is 270 g/mol. The molecule has 0 aliphatic rings. The van der Waals surface area contributed by atoms with E-state index in [2.05, 4.69) is 24.0 Å². The molecular weight excluding hydrogens is 248 g/mol. The van der Waals surface area contributed by atoms with Gasteiger partial charge in [-0.2, -0.15) is 0 Å². The molecule has 0 aliphatic carbocycles. The van der Waals surface area contributed by atoms with Gasteiger partial charge in [-0.3, -0.25) is 0 Å². The summed E-state index contributed by atoms with van der Waals surface area (Å²) in [5.74, 6) is 0.928. The zero-order valence-corrected chi connectivity index (χ0v) is 12.2. The minimum atomic E-state index is 0.795. The Morgan fingerprint density at radius 2 is 1.90 bits per heavy atom. The van der Waals surface area contributed by atoms with Gasteiger partial charge in [-0.05, 0) is 30.7 Å². The lowest BCUT2D eigenvalue weighted by atomic mass is 10.1. The molecule has 0 amide bonds. The summed E-state index contributed by atoms with van der Waals surface area (Å²) < 4.78 is 5.43. The summed E-state index contributed by atoms with van der Waals surface area (Å²) in [6.45, 7) is 3.99. The van der Waals surface area contributed by atoms with Gasteiger partial charge in [-0.25, -0.2) is 0 Å². The molecule has 0 heterocycles. The first-order valence-corrected chi connectivity index (χ1v) is 6.97. The second-order valence-electron chi connectivity index (χ2n) is 4.83. The highest BCUT2D eigenvalue weighted by molar-refractivity contribution is 5.56. The van der Waals surface area contributed by atoms with Gasteiger partial charge in [0.05, 0.1) is 7.11 Å². The number of benzene rings is 2. The van der Waals surface area contributed by atoms with E-state index in [9.17, 15) is 0 Å². The van der Waals surface area contributed by atoms with E-state index in [0.29, 0.717) is 0 Å². The smallest absolute Gasteiger partial charge is 0.123 e. The van der Waals surface area contributed by atoms with Crippen LogP contribution in [0.25, 0.3) is 0 Å². The van der Waals surface area contributed by atoms with Crippen LogP contribution in [0.3, 0.4) is 0 Å². The number of hydrogen-bond donors (Lipinski definition) is 1. The third-order valence-corrected chi connectivity index (χ3v) is 3.28. The van der Waals surface area contributed by atoms with E-state index in [0.717, 1.165) is 36.6 Å². The second kappa shape index (κ2) is 6.85. The fourth-order valence-corrected chi connectivity index (χ4v) is 2.33. The Hall–Kier alpha value is -2.16. The van der Waals surface area contributed by atoms with Gasteiger partial charge in [0.25, 0.3) is 0 Å². The maximum absolute atomic E-state index is 5.89. The van der Waals surface area contributed by atoms with E-state index < -0.39 is 0 Å². The first kappa shape index (κ1) is 14.3. The molecule has 0 aromatic heterocycles. The van der Waals surface area contributed by atoms with Crippen molar-refractivity contribution in [1.29, 1.82) is 0 Å². The van der Waals surface area contributed by atoms with Crippen LogP contribution in [-0.2, 0) is 6.54 Å². The summed E-state index contributed by atoms with van der Waals surface area (Å²) in [6.07, 6.45) is 1.09. The number of ether oxygens (including phenoxy) is 1. The number of methoxy groups -OCH3 is 1. The maximum atomic E-state index is 5.89. The Kier molecular flexibility index (Phi) is 4.88. The van der Waals surface area contributed by atoms with Crippen molar-refractivity contribution in [2.45, 2.75) is 19.9 Å². The normalized spacial score (nSPS) is 10.3. The molecule has 2 N–H and O–H groups in total. The highest BCUT2D eigenvalue weighted by Crippen LogP contribution is 2.24. The molecule has 0 aliphatic heterocycles. The van der Waals surface area contributed by atoms with Crippen molar-refractivity contribution in [3.8, 4) is 5.75 Å². The number of hydrogen-bond acceptors (Lipinski definition) is 3. The first-order valence-electron chi connectivity index (χ1n) is 6.97. The molecule has 2 rings (SSSR count). The number of nitrogen functional groups attached to an aromatic ring is 1. The van der Waals surface area contributed by atoms with Crippen LogP contribution in [0.1, 0.15) is 18.9 Å². The third kappa shape index (κ3) is 3.44. The van der Waals surface area contributed by atoms with Gasteiger partial charge < -0.3 is 15.4 Å². The maximum Gasteiger partial charge on any atom is 0.123 e. The fraction of sp³-hybridized carbons (Fsp3) is 0.294. The van der Waals surface area contributed by atoms with E-state index in [1.807, 2.05) is 36.4 Å². The van der Waals surface area contributed by atoms with Crippen LogP contribution in [0.2, 0.25) is 0 Å². The quantitative estimate of drug-likeness (QED) is 0.813. The summed E-state index contributed by atoms with van der Waals surface area (Å²) in [6, 6.07) is 16.2. The summed E-state index contributed by atoms with van der Waals surface area (Å²) in [4.78, 5) is 2.33. The Morgan fingerprint density at radius 1 is 1.10 bits per heavy atom. The van der Waals surface area contributed by atoms with Crippen molar-refractivity contribution in [1.82, 2.24) is 0 Å². The van der Waals surface area contributed by atoms with Gasteiger partial charge in [0.2, 0.25) is 0 Å². The van der Waals surface area contributed by atoms with Crippen molar-refractivity contribution >= 4 is 11.4 Å². The molecule has 0 unspecified atom stereocenters. The lowest BCUT2D eigenvalue weighted by Crippen LogP contribution is -2.23. The topological polar surface area (TPSA) is 38.5 Å². The zero-order valence-electron chi connectivity index (χ0n) is 12.2. The molecule has 3 heteroatoms. The van der Waals surface area contributed by atoms with Gasteiger partial charge in [-0.1, -0.05) is 31.2 Å². The Morgan fingerprint density at radius 3 is 2.60 bits per heavy atom. The Balaban J connectivity index is 2.25. The zero-order chi connectivity index (χ0) is 14.4. The first-order chi connectivity index (χ1) is 9.74. The number of anilines is 2.